The van der Waals surface area contributed by atoms with E-state index in [2.05, 4.69) is 70.8 Å². The first-order valence-electron chi connectivity index (χ1n) is 11.6. The number of carbonyl (C=O) groups is 1. The van der Waals surface area contributed by atoms with Crippen LogP contribution in [0.5, 0.6) is 0 Å². The van der Waals surface area contributed by atoms with Crippen LogP contribution in [-0.4, -0.2) is 15.5 Å². The summed E-state index contributed by atoms with van der Waals surface area (Å²) in [5.74, 6) is 0. The second-order valence-corrected chi connectivity index (χ2v) is 11.2. The molecule has 3 aromatic heterocycles. The van der Waals surface area contributed by atoms with E-state index in [1.54, 1.807) is 11.3 Å². The molecule has 4 nitrogen and oxygen atoms in total. The van der Waals surface area contributed by atoms with Crippen LogP contribution in [0.3, 0.4) is 0 Å². The van der Waals surface area contributed by atoms with E-state index in [0.29, 0.717) is 6.54 Å². The molecule has 6 heteroatoms. The summed E-state index contributed by atoms with van der Waals surface area (Å²) in [5.41, 5.74) is 7.08. The molecule has 0 saturated carbocycles. The van der Waals surface area contributed by atoms with Gasteiger partial charge in [0, 0.05) is 27.2 Å². The summed E-state index contributed by atoms with van der Waals surface area (Å²) in [4.78, 5) is 18.7. The molecule has 0 fully saturated rings. The summed E-state index contributed by atoms with van der Waals surface area (Å²) >= 11 is 3.65. The second kappa shape index (κ2) is 8.19. The van der Waals surface area contributed by atoms with Gasteiger partial charge in [0.25, 0.3) is 0 Å². The Hall–Kier alpha value is -2.83. The number of hydrogen-bond donors (Lipinski definition) is 1. The molecule has 2 amide bonds. The van der Waals surface area contributed by atoms with E-state index in [0.717, 1.165) is 35.3 Å². The highest BCUT2D eigenvalue weighted by Gasteiger charge is 2.36. The summed E-state index contributed by atoms with van der Waals surface area (Å²) < 4.78 is 2.34. The predicted molar refractivity (Wildman–Crippen MR) is 137 cm³/mol. The summed E-state index contributed by atoms with van der Waals surface area (Å²) in [7, 11) is 0. The van der Waals surface area contributed by atoms with Gasteiger partial charge in [-0.15, -0.1) is 22.7 Å². The van der Waals surface area contributed by atoms with Crippen LogP contribution in [0, 0.1) is 13.8 Å². The fourth-order valence-electron chi connectivity index (χ4n) is 5.19. The molecule has 168 valence electrons. The zero-order valence-corrected chi connectivity index (χ0v) is 20.6. The molecule has 0 saturated heterocycles. The van der Waals surface area contributed by atoms with Crippen LogP contribution in [0.4, 0.5) is 10.5 Å². The van der Waals surface area contributed by atoms with Crippen molar-refractivity contribution in [2.75, 3.05) is 5.32 Å². The maximum absolute atomic E-state index is 13.9. The number of urea groups is 1. The molecule has 0 unspecified atom stereocenters. The Kier molecular flexibility index (Phi) is 5.15. The number of aryl methyl sites for hydroxylation is 3. The molecule has 0 bridgehead atoms. The lowest BCUT2D eigenvalue weighted by Crippen LogP contribution is -2.38. The van der Waals surface area contributed by atoms with Crippen molar-refractivity contribution >= 4 is 34.4 Å². The minimum absolute atomic E-state index is 0.0431. The highest BCUT2D eigenvalue weighted by molar-refractivity contribution is 7.15. The van der Waals surface area contributed by atoms with E-state index >= 15 is 0 Å². The monoisotopic (exact) mass is 473 g/mol. The van der Waals surface area contributed by atoms with Gasteiger partial charge in [0.15, 0.2) is 0 Å². The third kappa shape index (κ3) is 3.52. The van der Waals surface area contributed by atoms with E-state index in [1.165, 1.54) is 38.7 Å². The summed E-state index contributed by atoms with van der Waals surface area (Å²) in [5, 5.41) is 6.65. The standard InChI is InChI=1S/C27H27N3OS2/c1-17-11-12-18(2)21(15-17)28-27(31)30-16-20-19-7-3-4-9-23(19)33-26(20)29-13-5-8-22(29)25(30)24-10-6-14-32-24/h5-6,8,10-15,25H,3-4,7,9,16H2,1-2H3,(H,28,31)/t25-/m1/s1. The summed E-state index contributed by atoms with van der Waals surface area (Å²) in [6.07, 6.45) is 6.95. The van der Waals surface area contributed by atoms with Crippen molar-refractivity contribution in [1.82, 2.24) is 9.47 Å². The molecule has 4 heterocycles. The third-order valence-corrected chi connectivity index (χ3v) is 9.15. The molecule has 1 N–H and O–H groups in total. The summed E-state index contributed by atoms with van der Waals surface area (Å²) in [6, 6.07) is 14.6. The van der Waals surface area contributed by atoms with Crippen molar-refractivity contribution in [3.05, 3.63) is 91.7 Å². The number of thiophene rings is 2. The molecular formula is C27H27N3OS2. The maximum atomic E-state index is 13.9. The van der Waals surface area contributed by atoms with E-state index < -0.39 is 0 Å². The van der Waals surface area contributed by atoms with Gasteiger partial charge >= 0.3 is 6.03 Å². The largest absolute Gasteiger partial charge is 0.323 e. The Morgan fingerprint density at radius 1 is 1.06 bits per heavy atom. The molecule has 1 aromatic carbocycles. The van der Waals surface area contributed by atoms with Gasteiger partial charge in [0.1, 0.15) is 11.0 Å². The number of aromatic nitrogens is 1. The zero-order chi connectivity index (χ0) is 22.5. The SMILES string of the molecule is Cc1ccc(C)c(NC(=O)N2Cc3c(sc4c3CCCC4)-n3cccc3[C@@H]2c2cccs2)c1. The number of fused-ring (bicyclic) bond motifs is 5. The Bertz CT molecular complexity index is 1330. The minimum Gasteiger partial charge on any atom is -0.310 e. The van der Waals surface area contributed by atoms with Crippen molar-refractivity contribution in [3.8, 4) is 5.00 Å². The number of anilines is 1. The molecule has 4 aromatic rings. The van der Waals surface area contributed by atoms with Crippen LogP contribution in [0.25, 0.3) is 5.00 Å². The highest BCUT2D eigenvalue weighted by Crippen LogP contribution is 2.44. The first kappa shape index (κ1) is 20.8. The molecular weight excluding hydrogens is 446 g/mol. The Morgan fingerprint density at radius 2 is 1.94 bits per heavy atom. The highest BCUT2D eigenvalue weighted by atomic mass is 32.1. The lowest BCUT2D eigenvalue weighted by atomic mass is 9.95. The van der Waals surface area contributed by atoms with Gasteiger partial charge in [0.2, 0.25) is 0 Å². The predicted octanol–water partition coefficient (Wildman–Crippen LogP) is 7.23. The number of hydrogen-bond acceptors (Lipinski definition) is 3. The van der Waals surface area contributed by atoms with Gasteiger partial charge in [-0.2, -0.15) is 0 Å². The molecule has 33 heavy (non-hydrogen) atoms. The number of carbonyl (C=O) groups excluding carboxylic acids is 1. The van der Waals surface area contributed by atoms with E-state index in [9.17, 15) is 4.79 Å². The Balaban J connectivity index is 1.49. The molecule has 1 atom stereocenters. The van der Waals surface area contributed by atoms with Crippen molar-refractivity contribution in [3.63, 3.8) is 0 Å². The number of nitrogens with one attached hydrogen (secondary N) is 1. The average Bonchev–Trinajstić information content (AvgIpc) is 3.55. The molecule has 2 aliphatic rings. The van der Waals surface area contributed by atoms with Crippen LogP contribution in [0.1, 0.15) is 56.6 Å². The second-order valence-electron chi connectivity index (χ2n) is 9.09. The van der Waals surface area contributed by atoms with Crippen molar-refractivity contribution < 1.29 is 4.79 Å². The van der Waals surface area contributed by atoms with Gasteiger partial charge in [0.05, 0.1) is 12.2 Å². The molecule has 0 spiro atoms. The van der Waals surface area contributed by atoms with Crippen LogP contribution >= 0.6 is 22.7 Å². The van der Waals surface area contributed by atoms with Gasteiger partial charge in [-0.3, -0.25) is 0 Å². The van der Waals surface area contributed by atoms with Crippen LogP contribution in [-0.2, 0) is 19.4 Å². The number of nitrogens with zero attached hydrogens (tertiary/aromatic N) is 2. The van der Waals surface area contributed by atoms with Crippen molar-refractivity contribution in [2.45, 2.75) is 52.1 Å². The third-order valence-electron chi connectivity index (χ3n) is 6.89. The smallest absolute Gasteiger partial charge is 0.310 e. The number of benzene rings is 1. The van der Waals surface area contributed by atoms with Crippen LogP contribution < -0.4 is 5.32 Å². The van der Waals surface area contributed by atoms with E-state index in [1.807, 2.05) is 23.2 Å². The van der Waals surface area contributed by atoms with Crippen molar-refractivity contribution in [2.24, 2.45) is 0 Å². The molecule has 0 radical (unpaired) electrons. The first-order valence-corrected chi connectivity index (χ1v) is 13.3. The van der Waals surface area contributed by atoms with E-state index in [-0.39, 0.29) is 12.1 Å². The lowest BCUT2D eigenvalue weighted by molar-refractivity contribution is 0.195. The van der Waals surface area contributed by atoms with Crippen LogP contribution in [0.2, 0.25) is 0 Å². The first-order chi connectivity index (χ1) is 16.1. The van der Waals surface area contributed by atoms with Gasteiger partial charge in [-0.05, 0) is 85.9 Å². The molecule has 1 aliphatic heterocycles. The quantitative estimate of drug-likeness (QED) is 0.327. The average molecular weight is 474 g/mol. The van der Waals surface area contributed by atoms with Gasteiger partial charge in [-0.1, -0.05) is 18.2 Å². The molecule has 1 aliphatic carbocycles. The minimum atomic E-state index is -0.121. The number of amides is 2. The number of rotatable bonds is 2. The van der Waals surface area contributed by atoms with Crippen LogP contribution in [0.15, 0.2) is 54.0 Å². The van der Waals surface area contributed by atoms with Gasteiger partial charge in [-0.25, -0.2) is 4.79 Å². The van der Waals surface area contributed by atoms with E-state index in [4.69, 9.17) is 0 Å². The Labute approximate surface area is 202 Å². The summed E-state index contributed by atoms with van der Waals surface area (Å²) in [6.45, 7) is 4.74. The lowest BCUT2D eigenvalue weighted by Gasteiger charge is -2.30. The normalized spacial score (nSPS) is 17.2. The fraction of sp³-hybridized carbons (Fsp3) is 0.296. The zero-order valence-electron chi connectivity index (χ0n) is 18.9. The molecule has 6 rings (SSSR count). The Morgan fingerprint density at radius 3 is 2.79 bits per heavy atom. The topological polar surface area (TPSA) is 37.3 Å². The van der Waals surface area contributed by atoms with Gasteiger partial charge < -0.3 is 14.8 Å². The maximum Gasteiger partial charge on any atom is 0.323 e. The fourth-order valence-corrected chi connectivity index (χ4v) is 7.44. The van der Waals surface area contributed by atoms with Crippen molar-refractivity contribution in [1.29, 1.82) is 0 Å².